The number of hydrogen-bond acceptors (Lipinski definition) is 4. The highest BCUT2D eigenvalue weighted by atomic mass is 35.5. The third-order valence-corrected chi connectivity index (χ3v) is 2.35. The van der Waals surface area contributed by atoms with Gasteiger partial charge in [-0.3, -0.25) is 0 Å². The molecule has 0 aliphatic heterocycles. The van der Waals surface area contributed by atoms with Gasteiger partial charge in [0.15, 0.2) is 0 Å². The Hall–Kier alpha value is -1.42. The van der Waals surface area contributed by atoms with Gasteiger partial charge in [0, 0.05) is 11.4 Å². The summed E-state index contributed by atoms with van der Waals surface area (Å²) >= 11 is 5.07. The summed E-state index contributed by atoms with van der Waals surface area (Å²) in [6.07, 6.45) is 0.674. The van der Waals surface area contributed by atoms with Gasteiger partial charge in [-0.1, -0.05) is 13.8 Å². The van der Waals surface area contributed by atoms with Gasteiger partial charge >= 0.3 is 5.97 Å². The van der Waals surface area contributed by atoms with Gasteiger partial charge in [0.05, 0.1) is 5.56 Å². The Morgan fingerprint density at radius 1 is 1.44 bits per heavy atom. The van der Waals surface area contributed by atoms with Crippen molar-refractivity contribution in [2.75, 3.05) is 11.5 Å². The van der Waals surface area contributed by atoms with Crippen LogP contribution in [-0.4, -0.2) is 5.97 Å². The van der Waals surface area contributed by atoms with Crippen LogP contribution in [0, 0.1) is 5.92 Å². The Balaban J connectivity index is 3.26. The number of nitrogen functional groups attached to an aromatic ring is 2. The molecule has 0 heterocycles. The second-order valence-corrected chi connectivity index (χ2v) is 4.25. The van der Waals surface area contributed by atoms with Crippen LogP contribution in [0.3, 0.4) is 0 Å². The zero-order valence-corrected chi connectivity index (χ0v) is 10.0. The number of nitrogens with two attached hydrogens (primary N) is 2. The van der Waals surface area contributed by atoms with Crippen molar-refractivity contribution in [2.45, 2.75) is 20.3 Å². The van der Waals surface area contributed by atoms with E-state index in [4.69, 9.17) is 23.3 Å². The molecule has 16 heavy (non-hydrogen) atoms. The van der Waals surface area contributed by atoms with Crippen molar-refractivity contribution in [1.29, 1.82) is 0 Å². The predicted molar refractivity (Wildman–Crippen MR) is 65.1 cm³/mol. The molecule has 0 spiro atoms. The molecule has 0 atom stereocenters. The van der Waals surface area contributed by atoms with Crippen LogP contribution >= 0.6 is 11.9 Å². The summed E-state index contributed by atoms with van der Waals surface area (Å²) in [5, 5.41) is 0. The Kier molecular flexibility index (Phi) is 4.01. The molecule has 1 aromatic carbocycles. The van der Waals surface area contributed by atoms with E-state index in [1.54, 1.807) is 6.07 Å². The maximum absolute atomic E-state index is 11.5. The third kappa shape index (κ3) is 2.79. The Morgan fingerprint density at radius 3 is 2.56 bits per heavy atom. The summed E-state index contributed by atoms with van der Waals surface area (Å²) in [4.78, 5) is 11.5. The second kappa shape index (κ2) is 5.07. The molecule has 0 unspecified atom stereocenters. The number of benzene rings is 1. The average molecular weight is 243 g/mol. The van der Waals surface area contributed by atoms with Gasteiger partial charge in [0.25, 0.3) is 0 Å². The monoisotopic (exact) mass is 242 g/mol. The first-order valence-electron chi connectivity index (χ1n) is 4.96. The lowest BCUT2D eigenvalue weighted by Crippen LogP contribution is -2.10. The van der Waals surface area contributed by atoms with Crippen LogP contribution in [0.1, 0.15) is 29.8 Å². The number of rotatable bonds is 3. The van der Waals surface area contributed by atoms with Crippen LogP contribution in [0.5, 0.6) is 0 Å². The maximum Gasteiger partial charge on any atom is 0.356 e. The summed E-state index contributed by atoms with van der Waals surface area (Å²) < 4.78 is 4.19. The molecular weight excluding hydrogens is 228 g/mol. The summed E-state index contributed by atoms with van der Waals surface area (Å²) in [5.74, 6) is -0.260. The molecule has 1 rings (SSSR count). The Morgan fingerprint density at radius 2 is 2.06 bits per heavy atom. The summed E-state index contributed by atoms with van der Waals surface area (Å²) in [6, 6.07) is 3.15. The minimum atomic E-state index is -0.628. The zero-order chi connectivity index (χ0) is 12.3. The van der Waals surface area contributed by atoms with Gasteiger partial charge in [0.1, 0.15) is 11.9 Å². The molecule has 0 bridgehead atoms. The van der Waals surface area contributed by atoms with E-state index in [0.717, 1.165) is 5.56 Å². The molecular formula is C11H15ClN2O2. The van der Waals surface area contributed by atoms with Crippen molar-refractivity contribution in [1.82, 2.24) is 0 Å². The van der Waals surface area contributed by atoms with E-state index >= 15 is 0 Å². The van der Waals surface area contributed by atoms with Crippen LogP contribution in [0.15, 0.2) is 12.1 Å². The van der Waals surface area contributed by atoms with Gasteiger partial charge in [-0.25, -0.2) is 4.79 Å². The topological polar surface area (TPSA) is 78.3 Å². The largest absolute Gasteiger partial charge is 0.399 e. The highest BCUT2D eigenvalue weighted by Gasteiger charge is 2.17. The van der Waals surface area contributed by atoms with Crippen LogP contribution in [-0.2, 0) is 10.7 Å². The lowest BCUT2D eigenvalue weighted by atomic mass is 9.96. The van der Waals surface area contributed by atoms with E-state index in [2.05, 4.69) is 4.29 Å². The van der Waals surface area contributed by atoms with Gasteiger partial charge in [-0.05, 0) is 30.0 Å². The fourth-order valence-corrected chi connectivity index (χ4v) is 1.66. The molecule has 0 aliphatic carbocycles. The van der Waals surface area contributed by atoms with Gasteiger partial charge in [-0.15, -0.1) is 0 Å². The fraction of sp³-hybridized carbons (Fsp3) is 0.364. The first kappa shape index (κ1) is 12.6. The Bertz CT molecular complexity index is 405. The molecule has 4 nitrogen and oxygen atoms in total. The number of carbonyl (C=O) groups is 1. The smallest absolute Gasteiger partial charge is 0.356 e. The van der Waals surface area contributed by atoms with Gasteiger partial charge < -0.3 is 15.8 Å². The van der Waals surface area contributed by atoms with Crippen molar-refractivity contribution in [2.24, 2.45) is 5.92 Å². The maximum atomic E-state index is 11.5. The molecule has 0 fully saturated rings. The Labute approximate surface area is 99.7 Å². The highest BCUT2D eigenvalue weighted by molar-refractivity contribution is 6.16. The van der Waals surface area contributed by atoms with Crippen LogP contribution in [0.2, 0.25) is 0 Å². The quantitative estimate of drug-likeness (QED) is 0.798. The van der Waals surface area contributed by atoms with E-state index in [-0.39, 0.29) is 0 Å². The summed E-state index contributed by atoms with van der Waals surface area (Å²) in [7, 11) is 0. The number of hydrogen-bond donors (Lipinski definition) is 2. The standard InChI is InChI=1S/C11H15ClN2O2/c1-6(2)3-8-9(11(15)16-12)4-7(13)5-10(8)14/h4-6H,3,13-14H2,1-2H3. The van der Waals surface area contributed by atoms with Crippen molar-refractivity contribution in [3.05, 3.63) is 23.3 Å². The lowest BCUT2D eigenvalue weighted by molar-refractivity contribution is 0.0750. The van der Waals surface area contributed by atoms with E-state index in [0.29, 0.717) is 29.3 Å². The number of halogens is 1. The molecule has 0 radical (unpaired) electrons. The number of carbonyl (C=O) groups excluding carboxylic acids is 1. The minimum absolute atomic E-state index is 0.334. The van der Waals surface area contributed by atoms with Crippen molar-refractivity contribution < 1.29 is 9.08 Å². The molecule has 1 aromatic rings. The van der Waals surface area contributed by atoms with E-state index in [9.17, 15) is 4.79 Å². The molecule has 5 heteroatoms. The molecule has 88 valence electrons. The second-order valence-electron chi connectivity index (χ2n) is 4.10. The number of anilines is 2. The normalized spacial score (nSPS) is 10.5. The molecule has 0 aliphatic rings. The molecule has 4 N–H and O–H groups in total. The molecule has 0 aromatic heterocycles. The third-order valence-electron chi connectivity index (χ3n) is 2.21. The predicted octanol–water partition coefficient (Wildman–Crippen LogP) is 2.36. The van der Waals surface area contributed by atoms with Crippen molar-refractivity contribution in [3.8, 4) is 0 Å². The lowest BCUT2D eigenvalue weighted by Gasteiger charge is -2.13. The van der Waals surface area contributed by atoms with E-state index in [1.807, 2.05) is 13.8 Å². The fourth-order valence-electron chi connectivity index (χ4n) is 1.58. The molecule has 0 amide bonds. The van der Waals surface area contributed by atoms with E-state index < -0.39 is 5.97 Å². The zero-order valence-electron chi connectivity index (χ0n) is 9.29. The van der Waals surface area contributed by atoms with Crippen LogP contribution in [0.25, 0.3) is 0 Å². The average Bonchev–Trinajstić information content (AvgIpc) is 2.20. The summed E-state index contributed by atoms with van der Waals surface area (Å²) in [6.45, 7) is 4.07. The molecule has 0 saturated heterocycles. The van der Waals surface area contributed by atoms with Crippen LogP contribution < -0.4 is 11.5 Å². The van der Waals surface area contributed by atoms with E-state index in [1.165, 1.54) is 6.07 Å². The van der Waals surface area contributed by atoms with Gasteiger partial charge in [0.2, 0.25) is 0 Å². The summed E-state index contributed by atoms with van der Waals surface area (Å²) in [5.41, 5.74) is 13.4. The molecule has 0 saturated carbocycles. The van der Waals surface area contributed by atoms with Crippen LogP contribution in [0.4, 0.5) is 11.4 Å². The first-order chi connectivity index (χ1) is 7.45. The SMILES string of the molecule is CC(C)Cc1c(N)cc(N)cc1C(=O)OCl. The van der Waals surface area contributed by atoms with Gasteiger partial charge in [-0.2, -0.15) is 0 Å². The highest BCUT2D eigenvalue weighted by Crippen LogP contribution is 2.25. The van der Waals surface area contributed by atoms with Crippen molar-refractivity contribution >= 4 is 29.2 Å². The van der Waals surface area contributed by atoms with Crippen molar-refractivity contribution in [3.63, 3.8) is 0 Å². The minimum Gasteiger partial charge on any atom is -0.399 e. The first-order valence-corrected chi connectivity index (χ1v) is 5.27.